The standard InChI is InChI=1S/C18H24N2O4/c1-23-15-11-20(12-16(15)24-2)18(22)14-7-5-13(6-8-14)10-19-9-3-4-17(19)21/h5-8,15-16H,3-4,9-12H2,1-2H3/t15-,16+. The monoisotopic (exact) mass is 332 g/mol. The molecule has 3 rings (SSSR count). The van der Waals surface area contributed by atoms with Crippen molar-refractivity contribution in [2.75, 3.05) is 33.9 Å². The van der Waals surface area contributed by atoms with Crippen LogP contribution >= 0.6 is 0 Å². The fourth-order valence-electron chi connectivity index (χ4n) is 3.39. The first-order chi connectivity index (χ1) is 11.6. The Kier molecular flexibility index (Phi) is 5.16. The molecule has 130 valence electrons. The summed E-state index contributed by atoms with van der Waals surface area (Å²) >= 11 is 0. The fourth-order valence-corrected chi connectivity index (χ4v) is 3.39. The molecule has 0 aliphatic carbocycles. The first kappa shape index (κ1) is 16.9. The van der Waals surface area contributed by atoms with Gasteiger partial charge < -0.3 is 19.3 Å². The molecule has 1 aromatic carbocycles. The Balaban J connectivity index is 1.63. The summed E-state index contributed by atoms with van der Waals surface area (Å²) in [6, 6.07) is 7.52. The number of likely N-dealkylation sites (tertiary alicyclic amines) is 2. The smallest absolute Gasteiger partial charge is 0.254 e. The Morgan fingerprint density at radius 1 is 1.12 bits per heavy atom. The molecule has 2 aliphatic heterocycles. The Bertz CT molecular complexity index is 590. The molecule has 2 heterocycles. The highest BCUT2D eigenvalue weighted by molar-refractivity contribution is 5.94. The molecule has 1 aromatic rings. The van der Waals surface area contributed by atoms with Gasteiger partial charge in [-0.25, -0.2) is 0 Å². The highest BCUT2D eigenvalue weighted by Gasteiger charge is 2.35. The number of carbonyl (C=O) groups excluding carboxylic acids is 2. The van der Waals surface area contributed by atoms with E-state index in [4.69, 9.17) is 9.47 Å². The molecule has 0 aromatic heterocycles. The number of amides is 2. The molecule has 2 fully saturated rings. The highest BCUT2D eigenvalue weighted by Crippen LogP contribution is 2.19. The van der Waals surface area contributed by atoms with Gasteiger partial charge in [-0.1, -0.05) is 12.1 Å². The van der Waals surface area contributed by atoms with E-state index in [0.717, 1.165) is 18.5 Å². The second-order valence-electron chi connectivity index (χ2n) is 6.37. The SMILES string of the molecule is CO[C@H]1CN(C(=O)c2ccc(CN3CCCC3=O)cc2)C[C@H]1OC. The summed E-state index contributed by atoms with van der Waals surface area (Å²) in [5.74, 6) is 0.198. The molecule has 2 saturated heterocycles. The van der Waals surface area contributed by atoms with Crippen LogP contribution in [-0.2, 0) is 20.8 Å². The first-order valence-electron chi connectivity index (χ1n) is 8.34. The molecule has 2 atom stereocenters. The van der Waals surface area contributed by atoms with Crippen LogP contribution in [0.15, 0.2) is 24.3 Å². The molecule has 0 spiro atoms. The lowest BCUT2D eigenvalue weighted by molar-refractivity contribution is -0.128. The van der Waals surface area contributed by atoms with Crippen LogP contribution in [0.2, 0.25) is 0 Å². The van der Waals surface area contributed by atoms with E-state index in [1.165, 1.54) is 0 Å². The maximum Gasteiger partial charge on any atom is 0.254 e. The molecule has 0 N–H and O–H groups in total. The summed E-state index contributed by atoms with van der Waals surface area (Å²) in [7, 11) is 3.28. The van der Waals surface area contributed by atoms with E-state index in [-0.39, 0.29) is 24.0 Å². The number of nitrogens with zero attached hydrogens (tertiary/aromatic N) is 2. The van der Waals surface area contributed by atoms with E-state index in [0.29, 0.717) is 31.6 Å². The minimum atomic E-state index is -0.0839. The zero-order chi connectivity index (χ0) is 17.1. The maximum absolute atomic E-state index is 12.6. The van der Waals surface area contributed by atoms with Gasteiger partial charge in [0, 0.05) is 52.4 Å². The van der Waals surface area contributed by atoms with Crippen molar-refractivity contribution in [2.45, 2.75) is 31.6 Å². The zero-order valence-corrected chi connectivity index (χ0v) is 14.2. The lowest BCUT2D eigenvalue weighted by Gasteiger charge is -2.17. The molecule has 24 heavy (non-hydrogen) atoms. The van der Waals surface area contributed by atoms with Crippen LogP contribution in [0.25, 0.3) is 0 Å². The van der Waals surface area contributed by atoms with E-state index in [2.05, 4.69) is 0 Å². The number of rotatable bonds is 5. The molecule has 6 nitrogen and oxygen atoms in total. The van der Waals surface area contributed by atoms with Crippen molar-refractivity contribution < 1.29 is 19.1 Å². The second-order valence-corrected chi connectivity index (χ2v) is 6.37. The molecule has 6 heteroatoms. The van der Waals surface area contributed by atoms with E-state index < -0.39 is 0 Å². The molecular formula is C18H24N2O4. The lowest BCUT2D eigenvalue weighted by atomic mass is 10.1. The highest BCUT2D eigenvalue weighted by atomic mass is 16.5. The number of hydrogen-bond donors (Lipinski definition) is 0. The van der Waals surface area contributed by atoms with Gasteiger partial charge in [0.2, 0.25) is 5.91 Å². The van der Waals surface area contributed by atoms with Crippen LogP contribution in [0, 0.1) is 0 Å². The van der Waals surface area contributed by atoms with Crippen molar-refractivity contribution in [3.05, 3.63) is 35.4 Å². The van der Waals surface area contributed by atoms with Crippen LogP contribution in [0.5, 0.6) is 0 Å². The minimum absolute atomic E-state index is 0.0135. The van der Waals surface area contributed by atoms with Gasteiger partial charge in [-0.15, -0.1) is 0 Å². The van der Waals surface area contributed by atoms with Gasteiger partial charge in [0.15, 0.2) is 0 Å². The van der Waals surface area contributed by atoms with E-state index in [1.807, 2.05) is 29.2 Å². The van der Waals surface area contributed by atoms with Crippen LogP contribution in [0.3, 0.4) is 0 Å². The number of benzene rings is 1. The number of hydrogen-bond acceptors (Lipinski definition) is 4. The minimum Gasteiger partial charge on any atom is -0.377 e. The van der Waals surface area contributed by atoms with Crippen molar-refractivity contribution in [1.29, 1.82) is 0 Å². The Labute approximate surface area is 142 Å². The molecular weight excluding hydrogens is 308 g/mol. The molecule has 0 bridgehead atoms. The average Bonchev–Trinajstić information content (AvgIpc) is 3.21. The van der Waals surface area contributed by atoms with Crippen LogP contribution < -0.4 is 0 Å². The lowest BCUT2D eigenvalue weighted by Crippen LogP contribution is -2.30. The van der Waals surface area contributed by atoms with Gasteiger partial charge in [0.25, 0.3) is 5.91 Å². The summed E-state index contributed by atoms with van der Waals surface area (Å²) in [6.07, 6.45) is 1.41. The largest absolute Gasteiger partial charge is 0.377 e. The van der Waals surface area contributed by atoms with Gasteiger partial charge in [-0.3, -0.25) is 9.59 Å². The first-order valence-corrected chi connectivity index (χ1v) is 8.34. The molecule has 0 unspecified atom stereocenters. The van der Waals surface area contributed by atoms with Gasteiger partial charge >= 0.3 is 0 Å². The van der Waals surface area contributed by atoms with E-state index in [1.54, 1.807) is 19.1 Å². The third-order valence-corrected chi connectivity index (χ3v) is 4.85. The third-order valence-electron chi connectivity index (χ3n) is 4.85. The fraction of sp³-hybridized carbons (Fsp3) is 0.556. The predicted molar refractivity (Wildman–Crippen MR) is 88.6 cm³/mol. The third kappa shape index (κ3) is 3.44. The van der Waals surface area contributed by atoms with Crippen molar-refractivity contribution in [3.8, 4) is 0 Å². The summed E-state index contributed by atoms with van der Waals surface area (Å²) in [5.41, 5.74) is 1.70. The number of methoxy groups -OCH3 is 2. The summed E-state index contributed by atoms with van der Waals surface area (Å²) < 4.78 is 10.8. The normalized spacial score (nSPS) is 24.0. The van der Waals surface area contributed by atoms with Gasteiger partial charge in [0.05, 0.1) is 0 Å². The molecule has 0 radical (unpaired) electrons. The molecule has 0 saturated carbocycles. The Morgan fingerprint density at radius 2 is 1.75 bits per heavy atom. The van der Waals surface area contributed by atoms with Crippen LogP contribution in [0.4, 0.5) is 0 Å². The molecule has 2 amide bonds. The average molecular weight is 332 g/mol. The van der Waals surface area contributed by atoms with Crippen molar-refractivity contribution >= 4 is 11.8 Å². The van der Waals surface area contributed by atoms with Crippen LogP contribution in [-0.4, -0.2) is 67.7 Å². The van der Waals surface area contributed by atoms with Crippen molar-refractivity contribution in [2.24, 2.45) is 0 Å². The molecule has 2 aliphatic rings. The predicted octanol–water partition coefficient (Wildman–Crippen LogP) is 1.29. The second kappa shape index (κ2) is 7.32. The van der Waals surface area contributed by atoms with Crippen molar-refractivity contribution in [3.63, 3.8) is 0 Å². The summed E-state index contributed by atoms with van der Waals surface area (Å²) in [6.45, 7) is 2.52. The van der Waals surface area contributed by atoms with Crippen LogP contribution in [0.1, 0.15) is 28.8 Å². The maximum atomic E-state index is 12.6. The van der Waals surface area contributed by atoms with E-state index >= 15 is 0 Å². The summed E-state index contributed by atoms with van der Waals surface area (Å²) in [4.78, 5) is 27.9. The van der Waals surface area contributed by atoms with E-state index in [9.17, 15) is 9.59 Å². The Hall–Kier alpha value is -1.92. The zero-order valence-electron chi connectivity index (χ0n) is 14.2. The number of carbonyl (C=O) groups is 2. The number of ether oxygens (including phenoxy) is 2. The van der Waals surface area contributed by atoms with Gasteiger partial charge in [-0.2, -0.15) is 0 Å². The quantitative estimate of drug-likeness (QED) is 0.815. The van der Waals surface area contributed by atoms with Gasteiger partial charge in [0.1, 0.15) is 12.2 Å². The summed E-state index contributed by atoms with van der Waals surface area (Å²) in [5, 5.41) is 0. The Morgan fingerprint density at radius 3 is 2.25 bits per heavy atom. The van der Waals surface area contributed by atoms with Gasteiger partial charge in [-0.05, 0) is 24.1 Å². The topological polar surface area (TPSA) is 59.1 Å². The van der Waals surface area contributed by atoms with Crippen molar-refractivity contribution in [1.82, 2.24) is 9.80 Å².